The first-order valence-electron chi connectivity index (χ1n) is 9.20. The summed E-state index contributed by atoms with van der Waals surface area (Å²) in [7, 11) is 1.85. The summed E-state index contributed by atoms with van der Waals surface area (Å²) in [5.74, 6) is 2.65. The summed E-state index contributed by atoms with van der Waals surface area (Å²) in [4.78, 5) is 6.84. The van der Waals surface area contributed by atoms with Crippen LogP contribution in [-0.2, 0) is 11.3 Å². The number of nitrogens with zero attached hydrogens (tertiary/aromatic N) is 2. The highest BCUT2D eigenvalue weighted by Crippen LogP contribution is 2.38. The predicted molar refractivity (Wildman–Crippen MR) is 96.3 cm³/mol. The Bertz CT molecular complexity index is 641. The highest BCUT2D eigenvalue weighted by atomic mass is 16.5. The van der Waals surface area contributed by atoms with E-state index in [1.807, 2.05) is 13.1 Å². The molecule has 0 radical (unpaired) electrons. The Morgan fingerprint density at radius 2 is 2.08 bits per heavy atom. The fourth-order valence-corrected chi connectivity index (χ4v) is 3.92. The summed E-state index contributed by atoms with van der Waals surface area (Å²) < 4.78 is 17.1. The molecular formula is C19H27N3O3. The van der Waals surface area contributed by atoms with E-state index in [0.717, 1.165) is 63.3 Å². The summed E-state index contributed by atoms with van der Waals surface area (Å²) in [6, 6.07) is 6.16. The van der Waals surface area contributed by atoms with E-state index in [1.54, 1.807) is 0 Å². The number of benzene rings is 1. The Kier molecular flexibility index (Phi) is 4.70. The Morgan fingerprint density at radius 1 is 1.20 bits per heavy atom. The van der Waals surface area contributed by atoms with Gasteiger partial charge in [-0.1, -0.05) is 6.07 Å². The van der Waals surface area contributed by atoms with Crippen molar-refractivity contribution >= 4 is 5.96 Å². The molecule has 6 heteroatoms. The summed E-state index contributed by atoms with van der Waals surface area (Å²) in [5, 5.41) is 3.50. The number of hydrogen-bond donors (Lipinski definition) is 1. The molecule has 0 saturated carbocycles. The van der Waals surface area contributed by atoms with E-state index >= 15 is 0 Å². The third-order valence-corrected chi connectivity index (χ3v) is 5.40. The van der Waals surface area contributed by atoms with Crippen molar-refractivity contribution in [1.82, 2.24) is 10.2 Å². The number of likely N-dealkylation sites (tertiary alicyclic amines) is 1. The molecule has 2 saturated heterocycles. The lowest BCUT2D eigenvalue weighted by Crippen LogP contribution is -2.41. The smallest absolute Gasteiger partial charge is 0.193 e. The van der Waals surface area contributed by atoms with Crippen molar-refractivity contribution in [3.05, 3.63) is 23.8 Å². The third kappa shape index (κ3) is 3.54. The van der Waals surface area contributed by atoms with Gasteiger partial charge in [0.2, 0.25) is 0 Å². The minimum Gasteiger partial charge on any atom is -0.490 e. The number of ether oxygens (including phenoxy) is 3. The van der Waals surface area contributed by atoms with Crippen molar-refractivity contribution < 1.29 is 14.2 Å². The maximum absolute atomic E-state index is 5.78. The maximum Gasteiger partial charge on any atom is 0.193 e. The van der Waals surface area contributed by atoms with E-state index in [0.29, 0.717) is 12.0 Å². The number of aliphatic imine (C=N–C) groups is 1. The van der Waals surface area contributed by atoms with E-state index in [9.17, 15) is 0 Å². The lowest BCUT2D eigenvalue weighted by atomic mass is 9.87. The number of nitrogens with one attached hydrogen (secondary N) is 1. The fourth-order valence-electron chi connectivity index (χ4n) is 3.92. The molecule has 1 aromatic carbocycles. The normalized spacial score (nSPS) is 26.1. The summed E-state index contributed by atoms with van der Waals surface area (Å²) in [6.45, 7) is 6.03. The number of hydrogen-bond acceptors (Lipinski definition) is 4. The van der Waals surface area contributed by atoms with Crippen molar-refractivity contribution in [2.45, 2.75) is 25.8 Å². The second-order valence-corrected chi connectivity index (χ2v) is 7.21. The van der Waals surface area contributed by atoms with Crippen LogP contribution < -0.4 is 14.8 Å². The Labute approximate surface area is 149 Å². The topological polar surface area (TPSA) is 55.3 Å². The average molecular weight is 345 g/mol. The summed E-state index contributed by atoms with van der Waals surface area (Å²) >= 11 is 0. The van der Waals surface area contributed by atoms with Gasteiger partial charge in [0.05, 0.1) is 19.8 Å². The molecular weight excluding hydrogens is 318 g/mol. The van der Waals surface area contributed by atoms with Crippen LogP contribution in [0, 0.1) is 5.41 Å². The van der Waals surface area contributed by atoms with Crippen LogP contribution in [0.5, 0.6) is 11.5 Å². The molecule has 3 aliphatic heterocycles. The summed E-state index contributed by atoms with van der Waals surface area (Å²) in [6.07, 6.45) is 3.29. The maximum atomic E-state index is 5.78. The van der Waals surface area contributed by atoms with Gasteiger partial charge in [0.25, 0.3) is 0 Å². The lowest BCUT2D eigenvalue weighted by Gasteiger charge is -2.25. The van der Waals surface area contributed by atoms with Crippen LogP contribution in [0.15, 0.2) is 23.2 Å². The second kappa shape index (κ2) is 7.12. The molecule has 0 aromatic heterocycles. The van der Waals surface area contributed by atoms with Gasteiger partial charge >= 0.3 is 0 Å². The highest BCUT2D eigenvalue weighted by molar-refractivity contribution is 5.80. The molecule has 1 atom stereocenters. The molecule has 0 amide bonds. The second-order valence-electron chi connectivity index (χ2n) is 7.21. The van der Waals surface area contributed by atoms with Crippen LogP contribution in [-0.4, -0.2) is 57.4 Å². The zero-order valence-corrected chi connectivity index (χ0v) is 14.9. The predicted octanol–water partition coefficient (Wildman–Crippen LogP) is 2.04. The van der Waals surface area contributed by atoms with E-state index in [-0.39, 0.29) is 0 Å². The molecule has 0 bridgehead atoms. The largest absolute Gasteiger partial charge is 0.490 e. The first kappa shape index (κ1) is 16.5. The van der Waals surface area contributed by atoms with E-state index < -0.39 is 0 Å². The quantitative estimate of drug-likeness (QED) is 0.657. The van der Waals surface area contributed by atoms with Crippen LogP contribution in [0.4, 0.5) is 0 Å². The minimum absolute atomic E-state index is 0.340. The monoisotopic (exact) mass is 345 g/mol. The van der Waals surface area contributed by atoms with Crippen LogP contribution in [0.2, 0.25) is 0 Å². The van der Waals surface area contributed by atoms with Gasteiger partial charge in [-0.2, -0.15) is 0 Å². The Morgan fingerprint density at radius 3 is 2.88 bits per heavy atom. The number of guanidine groups is 1. The minimum atomic E-state index is 0.340. The van der Waals surface area contributed by atoms with Crippen molar-refractivity contribution in [1.29, 1.82) is 0 Å². The van der Waals surface area contributed by atoms with E-state index in [2.05, 4.69) is 27.3 Å². The molecule has 1 unspecified atom stereocenters. The van der Waals surface area contributed by atoms with Crippen molar-refractivity contribution in [2.75, 3.05) is 46.6 Å². The fraction of sp³-hybridized carbons (Fsp3) is 0.632. The lowest BCUT2D eigenvalue weighted by molar-refractivity contribution is 0.156. The Hall–Kier alpha value is -1.95. The molecule has 6 nitrogen and oxygen atoms in total. The van der Waals surface area contributed by atoms with E-state index in [1.165, 1.54) is 18.4 Å². The number of fused-ring (bicyclic) bond motifs is 1. The van der Waals surface area contributed by atoms with Gasteiger partial charge < -0.3 is 24.4 Å². The molecule has 136 valence electrons. The van der Waals surface area contributed by atoms with Crippen LogP contribution in [0.25, 0.3) is 0 Å². The standard InChI is InChI=1S/C19H27N3O3/c1-20-18(22-7-5-19(13-22)6-10-23-14-19)21-12-15-3-4-16-17(11-15)25-9-2-8-24-16/h3-4,11H,2,5-10,12-14H2,1H3,(H,20,21). The zero-order chi connectivity index (χ0) is 17.1. The third-order valence-electron chi connectivity index (χ3n) is 5.40. The summed E-state index contributed by atoms with van der Waals surface area (Å²) in [5.41, 5.74) is 1.51. The van der Waals surface area contributed by atoms with E-state index in [4.69, 9.17) is 14.2 Å². The van der Waals surface area contributed by atoms with Gasteiger partial charge in [-0.05, 0) is 30.5 Å². The molecule has 3 aliphatic rings. The van der Waals surface area contributed by atoms with Crippen LogP contribution >= 0.6 is 0 Å². The van der Waals surface area contributed by atoms with Gasteiger partial charge in [-0.3, -0.25) is 4.99 Å². The SMILES string of the molecule is CN=C(NCc1ccc2c(c1)OCCCO2)N1CCC2(CCOC2)C1. The molecule has 2 fully saturated rings. The molecule has 1 aromatic rings. The van der Waals surface area contributed by atoms with Crippen LogP contribution in [0.3, 0.4) is 0 Å². The van der Waals surface area contributed by atoms with Gasteiger partial charge in [0.15, 0.2) is 17.5 Å². The van der Waals surface area contributed by atoms with Gasteiger partial charge in [-0.15, -0.1) is 0 Å². The molecule has 25 heavy (non-hydrogen) atoms. The van der Waals surface area contributed by atoms with Gasteiger partial charge in [-0.25, -0.2) is 0 Å². The van der Waals surface area contributed by atoms with Gasteiger partial charge in [0, 0.05) is 45.1 Å². The molecule has 1 spiro atoms. The first-order valence-corrected chi connectivity index (χ1v) is 9.20. The molecule has 0 aliphatic carbocycles. The molecule has 4 rings (SSSR count). The zero-order valence-electron chi connectivity index (χ0n) is 14.9. The van der Waals surface area contributed by atoms with Crippen molar-refractivity contribution in [3.8, 4) is 11.5 Å². The molecule has 3 heterocycles. The molecule has 1 N–H and O–H groups in total. The average Bonchev–Trinajstić information content (AvgIpc) is 3.20. The van der Waals surface area contributed by atoms with Gasteiger partial charge in [0.1, 0.15) is 0 Å². The first-order chi connectivity index (χ1) is 12.3. The van der Waals surface area contributed by atoms with Crippen molar-refractivity contribution in [2.24, 2.45) is 10.4 Å². The highest BCUT2D eigenvalue weighted by Gasteiger charge is 2.42. The Balaban J connectivity index is 1.38. The number of rotatable bonds is 2. The van der Waals surface area contributed by atoms with Crippen molar-refractivity contribution in [3.63, 3.8) is 0 Å². The van der Waals surface area contributed by atoms with Crippen LogP contribution in [0.1, 0.15) is 24.8 Å².